The fourth-order valence-electron chi connectivity index (χ4n) is 2.07. The van der Waals surface area contributed by atoms with Crippen LogP contribution in [0.5, 0.6) is 5.75 Å². The molecule has 0 fully saturated rings. The fourth-order valence-corrected chi connectivity index (χ4v) is 2.07. The number of para-hydroxylation sites is 1. The molecule has 0 saturated heterocycles. The largest absolute Gasteiger partial charge is 0.486 e. The summed E-state index contributed by atoms with van der Waals surface area (Å²) in [6.07, 6.45) is -0.158. The number of hydrogen-bond acceptors (Lipinski definition) is 4. The van der Waals surface area contributed by atoms with Gasteiger partial charge in [-0.15, -0.1) is 0 Å². The van der Waals surface area contributed by atoms with Crippen molar-refractivity contribution in [2.75, 3.05) is 5.32 Å². The lowest BCUT2D eigenvalue weighted by Crippen LogP contribution is -2.27. The van der Waals surface area contributed by atoms with Gasteiger partial charge in [0.25, 0.3) is 0 Å². The molecule has 0 unspecified atom stereocenters. The molecule has 0 spiro atoms. The molecule has 0 aliphatic carbocycles. The molecule has 2 rings (SSSR count). The standard InChI is InChI=1S/C19H20FNO4/c1-19(2,3)25-18(23)21-15-9-5-4-7-14(15)12-24-16-10-6-8-13(11-22)17(16)20/h4-11H,12H2,1-3H3,(H,21,23). The van der Waals surface area contributed by atoms with Crippen LogP contribution in [-0.4, -0.2) is 18.0 Å². The van der Waals surface area contributed by atoms with E-state index in [-0.39, 0.29) is 17.9 Å². The van der Waals surface area contributed by atoms with Gasteiger partial charge in [0.1, 0.15) is 12.2 Å². The van der Waals surface area contributed by atoms with Gasteiger partial charge in [-0.1, -0.05) is 24.3 Å². The van der Waals surface area contributed by atoms with Crippen molar-refractivity contribution >= 4 is 18.1 Å². The molecule has 0 aliphatic heterocycles. The van der Waals surface area contributed by atoms with Gasteiger partial charge in [0.05, 0.1) is 11.3 Å². The van der Waals surface area contributed by atoms with E-state index in [1.165, 1.54) is 18.2 Å². The Balaban J connectivity index is 2.11. The third kappa shape index (κ3) is 5.31. The van der Waals surface area contributed by atoms with Gasteiger partial charge in [-0.3, -0.25) is 10.1 Å². The van der Waals surface area contributed by atoms with Crippen molar-refractivity contribution in [3.8, 4) is 5.75 Å². The highest BCUT2D eigenvalue weighted by Gasteiger charge is 2.17. The summed E-state index contributed by atoms with van der Waals surface area (Å²) < 4.78 is 24.7. The van der Waals surface area contributed by atoms with E-state index in [9.17, 15) is 14.0 Å². The van der Waals surface area contributed by atoms with Crippen molar-refractivity contribution in [1.29, 1.82) is 0 Å². The average molecular weight is 345 g/mol. The van der Waals surface area contributed by atoms with Crippen LogP contribution in [0.15, 0.2) is 42.5 Å². The van der Waals surface area contributed by atoms with Crippen LogP contribution in [0.4, 0.5) is 14.9 Å². The smallest absolute Gasteiger partial charge is 0.412 e. The van der Waals surface area contributed by atoms with Crippen molar-refractivity contribution in [1.82, 2.24) is 0 Å². The van der Waals surface area contributed by atoms with Crippen molar-refractivity contribution in [2.24, 2.45) is 0 Å². The second-order valence-electron chi connectivity index (χ2n) is 6.35. The third-order valence-electron chi connectivity index (χ3n) is 3.16. The number of aldehydes is 1. The molecule has 132 valence electrons. The molecule has 6 heteroatoms. The summed E-state index contributed by atoms with van der Waals surface area (Å²) >= 11 is 0. The number of nitrogens with one attached hydrogen (secondary N) is 1. The molecule has 1 N–H and O–H groups in total. The molecule has 2 aromatic rings. The first-order valence-electron chi connectivity index (χ1n) is 7.74. The number of halogens is 1. The number of carbonyl (C=O) groups excluding carboxylic acids is 2. The number of ether oxygens (including phenoxy) is 2. The molecule has 0 aliphatic rings. The number of benzene rings is 2. The minimum atomic E-state index is -0.713. The van der Waals surface area contributed by atoms with Crippen LogP contribution in [0.1, 0.15) is 36.7 Å². The Morgan fingerprint density at radius 3 is 2.56 bits per heavy atom. The molecule has 5 nitrogen and oxygen atoms in total. The van der Waals surface area contributed by atoms with Gasteiger partial charge in [0, 0.05) is 5.56 Å². The van der Waals surface area contributed by atoms with Gasteiger partial charge in [-0.05, 0) is 39.0 Å². The lowest BCUT2D eigenvalue weighted by atomic mass is 10.2. The molecular weight excluding hydrogens is 325 g/mol. The summed E-state index contributed by atoms with van der Waals surface area (Å²) in [4.78, 5) is 22.7. The molecule has 0 heterocycles. The molecule has 0 atom stereocenters. The van der Waals surface area contributed by atoms with Crippen LogP contribution in [0.25, 0.3) is 0 Å². The average Bonchev–Trinajstić information content (AvgIpc) is 2.53. The fraction of sp³-hybridized carbons (Fsp3) is 0.263. The zero-order valence-corrected chi connectivity index (χ0v) is 14.3. The molecular formula is C19H20FNO4. The van der Waals surface area contributed by atoms with Gasteiger partial charge < -0.3 is 9.47 Å². The Morgan fingerprint density at radius 2 is 1.88 bits per heavy atom. The van der Waals surface area contributed by atoms with Gasteiger partial charge in [0.15, 0.2) is 17.9 Å². The van der Waals surface area contributed by atoms with Crippen molar-refractivity contribution in [3.05, 3.63) is 59.4 Å². The highest BCUT2D eigenvalue weighted by atomic mass is 19.1. The Labute approximate surface area is 145 Å². The van der Waals surface area contributed by atoms with Crippen LogP contribution in [0.2, 0.25) is 0 Å². The third-order valence-corrected chi connectivity index (χ3v) is 3.16. The first-order valence-corrected chi connectivity index (χ1v) is 7.74. The quantitative estimate of drug-likeness (QED) is 0.807. The van der Waals surface area contributed by atoms with E-state index in [2.05, 4.69) is 5.32 Å². The number of anilines is 1. The second-order valence-corrected chi connectivity index (χ2v) is 6.35. The van der Waals surface area contributed by atoms with Crippen molar-refractivity contribution in [2.45, 2.75) is 33.0 Å². The maximum Gasteiger partial charge on any atom is 0.412 e. The topological polar surface area (TPSA) is 64.6 Å². The van der Waals surface area contributed by atoms with Gasteiger partial charge in [0.2, 0.25) is 0 Å². The van der Waals surface area contributed by atoms with E-state index in [1.54, 1.807) is 45.0 Å². The maximum absolute atomic E-state index is 14.0. The minimum Gasteiger partial charge on any atom is -0.486 e. The van der Waals surface area contributed by atoms with Crippen molar-refractivity contribution < 1.29 is 23.5 Å². The zero-order valence-electron chi connectivity index (χ0n) is 14.3. The van der Waals surface area contributed by atoms with E-state index >= 15 is 0 Å². The molecule has 0 radical (unpaired) electrons. The molecule has 0 bridgehead atoms. The normalized spacial score (nSPS) is 10.9. The van der Waals surface area contributed by atoms with Gasteiger partial charge in [-0.2, -0.15) is 0 Å². The SMILES string of the molecule is CC(C)(C)OC(=O)Nc1ccccc1COc1cccc(C=O)c1F. The first-order chi connectivity index (χ1) is 11.8. The predicted octanol–water partition coefficient (Wildman–Crippen LogP) is 4.56. The van der Waals surface area contributed by atoms with Crippen LogP contribution in [-0.2, 0) is 11.3 Å². The lowest BCUT2D eigenvalue weighted by Gasteiger charge is -2.20. The van der Waals surface area contributed by atoms with Crippen LogP contribution < -0.4 is 10.1 Å². The second kappa shape index (κ2) is 7.79. The number of rotatable bonds is 5. The zero-order chi connectivity index (χ0) is 18.4. The number of amides is 1. The Kier molecular flexibility index (Phi) is 5.75. The summed E-state index contributed by atoms with van der Waals surface area (Å²) in [5.41, 5.74) is 0.458. The van der Waals surface area contributed by atoms with Crippen LogP contribution >= 0.6 is 0 Å². The number of hydrogen-bond donors (Lipinski definition) is 1. The van der Waals surface area contributed by atoms with Gasteiger partial charge >= 0.3 is 6.09 Å². The molecule has 2 aromatic carbocycles. The van der Waals surface area contributed by atoms with Crippen LogP contribution in [0.3, 0.4) is 0 Å². The highest BCUT2D eigenvalue weighted by Crippen LogP contribution is 2.23. The Morgan fingerprint density at radius 1 is 1.16 bits per heavy atom. The summed E-state index contributed by atoms with van der Waals surface area (Å²) in [7, 11) is 0. The summed E-state index contributed by atoms with van der Waals surface area (Å²) in [6.45, 7) is 5.32. The van der Waals surface area contributed by atoms with E-state index in [1.807, 2.05) is 0 Å². The molecule has 25 heavy (non-hydrogen) atoms. The highest BCUT2D eigenvalue weighted by molar-refractivity contribution is 5.85. The molecule has 0 aromatic heterocycles. The Bertz CT molecular complexity index is 768. The maximum atomic E-state index is 14.0. The van der Waals surface area contributed by atoms with E-state index in [4.69, 9.17) is 9.47 Å². The molecule has 1 amide bonds. The first kappa shape index (κ1) is 18.4. The van der Waals surface area contributed by atoms with Crippen molar-refractivity contribution in [3.63, 3.8) is 0 Å². The Hall–Kier alpha value is -2.89. The number of carbonyl (C=O) groups is 2. The van der Waals surface area contributed by atoms with E-state index in [0.29, 0.717) is 17.5 Å². The summed E-state index contributed by atoms with van der Waals surface area (Å²) in [6, 6.07) is 11.3. The molecule has 0 saturated carbocycles. The van der Waals surface area contributed by atoms with Gasteiger partial charge in [-0.25, -0.2) is 9.18 Å². The predicted molar refractivity (Wildman–Crippen MR) is 92.4 cm³/mol. The summed E-state index contributed by atoms with van der Waals surface area (Å²) in [5, 5.41) is 2.65. The lowest BCUT2D eigenvalue weighted by molar-refractivity contribution is 0.0635. The monoisotopic (exact) mass is 345 g/mol. The van der Waals surface area contributed by atoms with E-state index < -0.39 is 17.5 Å². The van der Waals surface area contributed by atoms with E-state index in [0.717, 1.165) is 0 Å². The summed E-state index contributed by atoms with van der Waals surface area (Å²) in [5.74, 6) is -0.744. The van der Waals surface area contributed by atoms with Crippen LogP contribution in [0, 0.1) is 5.82 Å². The minimum absolute atomic E-state index is 0.0190.